The zero-order chi connectivity index (χ0) is 13.4. The smallest absolute Gasteiger partial charge is 0.163 e. The second-order valence-corrected chi connectivity index (χ2v) is 5.74. The Kier molecular flexibility index (Phi) is 3.17. The first-order valence-corrected chi connectivity index (χ1v) is 7.11. The van der Waals surface area contributed by atoms with Gasteiger partial charge in [-0.1, -0.05) is 6.92 Å². The van der Waals surface area contributed by atoms with Gasteiger partial charge in [0, 0.05) is 24.7 Å². The van der Waals surface area contributed by atoms with Crippen LogP contribution in [-0.4, -0.2) is 25.8 Å². The lowest BCUT2D eigenvalue weighted by molar-refractivity contribution is 0.171. The monoisotopic (exact) mass is 262 g/mol. The van der Waals surface area contributed by atoms with Crippen molar-refractivity contribution in [1.29, 1.82) is 0 Å². The maximum absolute atomic E-state index is 6.21. The molecular formula is C15H22N2O2. The predicted molar refractivity (Wildman–Crippen MR) is 77.1 cm³/mol. The van der Waals surface area contributed by atoms with E-state index in [9.17, 15) is 0 Å². The van der Waals surface area contributed by atoms with Crippen LogP contribution in [0, 0.1) is 5.92 Å². The molecule has 4 heteroatoms. The van der Waals surface area contributed by atoms with Gasteiger partial charge >= 0.3 is 0 Å². The summed E-state index contributed by atoms with van der Waals surface area (Å²) in [6, 6.07) is 4.47. The van der Waals surface area contributed by atoms with Crippen LogP contribution in [0.4, 0.5) is 11.4 Å². The third-order valence-corrected chi connectivity index (χ3v) is 4.12. The molecule has 1 aromatic rings. The number of nitrogen functional groups attached to an aromatic ring is 1. The van der Waals surface area contributed by atoms with Crippen LogP contribution < -0.4 is 20.1 Å². The summed E-state index contributed by atoms with van der Waals surface area (Å²) in [6.45, 7) is 6.84. The molecule has 1 saturated heterocycles. The lowest BCUT2D eigenvalue weighted by Gasteiger charge is -2.39. The van der Waals surface area contributed by atoms with E-state index in [1.165, 1.54) is 12.8 Å². The van der Waals surface area contributed by atoms with Crippen LogP contribution in [0.1, 0.15) is 26.7 Å². The summed E-state index contributed by atoms with van der Waals surface area (Å²) in [4.78, 5) is 2.40. The fourth-order valence-electron chi connectivity index (χ4n) is 2.97. The highest BCUT2D eigenvalue weighted by atomic mass is 16.6. The fraction of sp³-hybridized carbons (Fsp3) is 0.600. The number of piperidine rings is 1. The maximum atomic E-state index is 6.21. The molecular weight excluding hydrogens is 240 g/mol. The Bertz CT molecular complexity index is 475. The molecule has 2 atom stereocenters. The largest absolute Gasteiger partial charge is 0.486 e. The Morgan fingerprint density at radius 1 is 1.11 bits per heavy atom. The molecule has 2 N–H and O–H groups in total. The van der Waals surface area contributed by atoms with Crippen LogP contribution in [0.2, 0.25) is 0 Å². The first kappa shape index (κ1) is 12.5. The quantitative estimate of drug-likeness (QED) is 0.790. The molecule has 4 nitrogen and oxygen atoms in total. The summed E-state index contributed by atoms with van der Waals surface area (Å²) in [5.41, 5.74) is 8.07. The molecule has 3 rings (SSSR count). The number of benzene rings is 1. The van der Waals surface area contributed by atoms with E-state index in [2.05, 4.69) is 18.7 Å². The zero-order valence-corrected chi connectivity index (χ0v) is 11.7. The van der Waals surface area contributed by atoms with E-state index in [1.54, 1.807) is 0 Å². The molecule has 0 radical (unpaired) electrons. The van der Waals surface area contributed by atoms with Gasteiger partial charge in [0.1, 0.15) is 13.2 Å². The summed E-state index contributed by atoms with van der Waals surface area (Å²) in [5, 5.41) is 0. The number of anilines is 2. The van der Waals surface area contributed by atoms with E-state index in [-0.39, 0.29) is 0 Å². The minimum absolute atomic E-state index is 0.529. The molecule has 19 heavy (non-hydrogen) atoms. The van der Waals surface area contributed by atoms with Gasteiger partial charge in [0.05, 0.1) is 11.4 Å². The van der Waals surface area contributed by atoms with E-state index in [1.807, 2.05) is 12.1 Å². The molecule has 2 aliphatic heterocycles. The van der Waals surface area contributed by atoms with Gasteiger partial charge in [-0.3, -0.25) is 0 Å². The van der Waals surface area contributed by atoms with E-state index in [4.69, 9.17) is 15.2 Å². The zero-order valence-electron chi connectivity index (χ0n) is 11.7. The van der Waals surface area contributed by atoms with E-state index in [0.717, 1.165) is 29.4 Å². The third-order valence-electron chi connectivity index (χ3n) is 4.12. The van der Waals surface area contributed by atoms with Crippen molar-refractivity contribution in [2.75, 3.05) is 30.4 Å². The predicted octanol–water partition coefficient (Wildman–Crippen LogP) is 2.66. The van der Waals surface area contributed by atoms with Gasteiger partial charge < -0.3 is 20.1 Å². The average molecular weight is 262 g/mol. The van der Waals surface area contributed by atoms with Crippen molar-refractivity contribution in [3.05, 3.63) is 12.1 Å². The van der Waals surface area contributed by atoms with Gasteiger partial charge in [0.15, 0.2) is 11.5 Å². The molecule has 0 saturated carbocycles. The Hall–Kier alpha value is -1.58. The molecule has 0 aromatic heterocycles. The molecule has 2 aliphatic rings. The summed E-state index contributed by atoms with van der Waals surface area (Å²) in [6.07, 6.45) is 2.51. The topological polar surface area (TPSA) is 47.7 Å². The number of rotatable bonds is 1. The highest BCUT2D eigenvalue weighted by Crippen LogP contribution is 2.40. The van der Waals surface area contributed by atoms with Crippen molar-refractivity contribution in [3.8, 4) is 11.5 Å². The van der Waals surface area contributed by atoms with Gasteiger partial charge in [-0.25, -0.2) is 0 Å². The number of hydrogen-bond acceptors (Lipinski definition) is 4. The summed E-state index contributed by atoms with van der Waals surface area (Å²) in [7, 11) is 0. The standard InChI is InChI=1S/C15H22N2O2/c1-10-3-4-11(2)17(9-10)13-8-15-14(7-12(13)16)18-5-6-19-15/h7-8,10-11H,3-6,9,16H2,1-2H3. The molecule has 0 aliphatic carbocycles. The molecule has 0 amide bonds. The van der Waals surface area contributed by atoms with Crippen LogP contribution in [-0.2, 0) is 0 Å². The van der Waals surface area contributed by atoms with Gasteiger partial charge in [-0.15, -0.1) is 0 Å². The van der Waals surface area contributed by atoms with Gasteiger partial charge in [-0.05, 0) is 25.7 Å². The maximum Gasteiger partial charge on any atom is 0.163 e. The van der Waals surface area contributed by atoms with Crippen molar-refractivity contribution in [2.45, 2.75) is 32.7 Å². The Morgan fingerprint density at radius 3 is 2.53 bits per heavy atom. The van der Waals surface area contributed by atoms with Gasteiger partial charge in [-0.2, -0.15) is 0 Å². The lowest BCUT2D eigenvalue weighted by Crippen LogP contribution is -2.41. The SMILES string of the molecule is CC1CCC(C)N(c2cc3c(cc2N)OCCO3)C1. The molecule has 2 heterocycles. The first-order chi connectivity index (χ1) is 9.15. The number of ether oxygens (including phenoxy) is 2. The molecule has 0 spiro atoms. The molecule has 0 bridgehead atoms. The Labute approximate surface area is 114 Å². The van der Waals surface area contributed by atoms with Crippen LogP contribution in [0.15, 0.2) is 12.1 Å². The number of fused-ring (bicyclic) bond motifs is 1. The van der Waals surface area contributed by atoms with Crippen molar-refractivity contribution in [1.82, 2.24) is 0 Å². The fourth-order valence-corrected chi connectivity index (χ4v) is 2.97. The molecule has 2 unspecified atom stereocenters. The average Bonchev–Trinajstić information content (AvgIpc) is 2.41. The summed E-state index contributed by atoms with van der Waals surface area (Å²) >= 11 is 0. The number of hydrogen-bond donors (Lipinski definition) is 1. The molecule has 1 aromatic carbocycles. The van der Waals surface area contributed by atoms with Crippen LogP contribution in [0.25, 0.3) is 0 Å². The number of nitrogens with zero attached hydrogens (tertiary/aromatic N) is 1. The summed E-state index contributed by atoms with van der Waals surface area (Å²) in [5.74, 6) is 2.30. The minimum atomic E-state index is 0.529. The van der Waals surface area contributed by atoms with Crippen LogP contribution in [0.5, 0.6) is 11.5 Å². The van der Waals surface area contributed by atoms with Crippen molar-refractivity contribution in [3.63, 3.8) is 0 Å². The highest BCUT2D eigenvalue weighted by molar-refractivity contribution is 5.73. The van der Waals surface area contributed by atoms with E-state index in [0.29, 0.717) is 25.2 Å². The third kappa shape index (κ3) is 2.31. The second kappa shape index (κ2) is 4.83. The van der Waals surface area contributed by atoms with Crippen molar-refractivity contribution in [2.24, 2.45) is 5.92 Å². The summed E-state index contributed by atoms with van der Waals surface area (Å²) < 4.78 is 11.2. The highest BCUT2D eigenvalue weighted by Gasteiger charge is 2.26. The van der Waals surface area contributed by atoms with Gasteiger partial charge in [0.2, 0.25) is 0 Å². The van der Waals surface area contributed by atoms with E-state index < -0.39 is 0 Å². The second-order valence-electron chi connectivity index (χ2n) is 5.74. The number of nitrogens with two attached hydrogens (primary N) is 1. The first-order valence-electron chi connectivity index (χ1n) is 7.11. The Balaban J connectivity index is 1.95. The van der Waals surface area contributed by atoms with Gasteiger partial charge in [0.25, 0.3) is 0 Å². The van der Waals surface area contributed by atoms with Crippen LogP contribution in [0.3, 0.4) is 0 Å². The van der Waals surface area contributed by atoms with Crippen LogP contribution >= 0.6 is 0 Å². The molecule has 104 valence electrons. The minimum Gasteiger partial charge on any atom is -0.486 e. The van der Waals surface area contributed by atoms with E-state index >= 15 is 0 Å². The Morgan fingerprint density at radius 2 is 1.79 bits per heavy atom. The molecule has 1 fully saturated rings. The normalized spacial score (nSPS) is 26.3. The van der Waals surface area contributed by atoms with Crippen molar-refractivity contribution < 1.29 is 9.47 Å². The van der Waals surface area contributed by atoms with Crippen molar-refractivity contribution >= 4 is 11.4 Å². The lowest BCUT2D eigenvalue weighted by atomic mass is 9.94.